The van der Waals surface area contributed by atoms with Gasteiger partial charge >= 0.3 is 0 Å². The van der Waals surface area contributed by atoms with Gasteiger partial charge in [0.1, 0.15) is 5.82 Å². The van der Waals surface area contributed by atoms with E-state index in [2.05, 4.69) is 19.8 Å². The fraction of sp³-hybridized carbons (Fsp3) is 0.500. The van der Waals surface area contributed by atoms with Crippen molar-refractivity contribution in [3.8, 4) is 0 Å². The van der Waals surface area contributed by atoms with E-state index in [-0.39, 0.29) is 5.82 Å². The number of hydrogen-bond donors (Lipinski definition) is 1. The Morgan fingerprint density at radius 2 is 1.79 bits per heavy atom. The largest absolute Gasteiger partial charge is 0.388 e. The van der Waals surface area contributed by atoms with Gasteiger partial charge in [-0.15, -0.1) is 0 Å². The number of aromatic nitrogens is 3. The fourth-order valence-electron chi connectivity index (χ4n) is 5.39. The van der Waals surface area contributed by atoms with Crippen LogP contribution in [0.15, 0.2) is 36.7 Å². The number of benzene rings is 1. The minimum Gasteiger partial charge on any atom is -0.388 e. The van der Waals surface area contributed by atoms with E-state index in [1.165, 1.54) is 6.07 Å². The molecule has 3 aromatic rings. The maximum Gasteiger partial charge on any atom is 0.226 e. The van der Waals surface area contributed by atoms with E-state index >= 15 is 0 Å². The Morgan fingerprint density at radius 1 is 1.03 bits per heavy atom. The number of aliphatic hydroxyl groups is 1. The zero-order chi connectivity index (χ0) is 22.9. The third kappa shape index (κ3) is 4.57. The summed E-state index contributed by atoms with van der Waals surface area (Å²) in [6.07, 6.45) is 7.25. The van der Waals surface area contributed by atoms with Gasteiger partial charge in [-0.2, -0.15) is 0 Å². The standard InChI is InChI=1S/C26H32FN5O/c1-17-14-22-18(2)29-26(30-24(22)15-23(17)27)32-12-7-21(8-13-32)31-10-5-19(6-11-31)25(33)20-4-3-9-28-16-20/h3-4,9,14-16,19,21,25,33H,5-8,10-13H2,1-2H3. The van der Waals surface area contributed by atoms with E-state index in [0.29, 0.717) is 29.0 Å². The number of fused-ring (bicyclic) bond motifs is 1. The van der Waals surface area contributed by atoms with Crippen LogP contribution in [0, 0.1) is 25.6 Å². The molecule has 0 spiro atoms. The van der Waals surface area contributed by atoms with Crippen molar-refractivity contribution in [1.82, 2.24) is 19.9 Å². The number of hydrogen-bond acceptors (Lipinski definition) is 6. The summed E-state index contributed by atoms with van der Waals surface area (Å²) in [5, 5.41) is 11.7. The second kappa shape index (κ2) is 9.31. The molecule has 0 aliphatic carbocycles. The van der Waals surface area contributed by atoms with Gasteiger partial charge in [-0.25, -0.2) is 14.4 Å². The number of halogens is 1. The van der Waals surface area contributed by atoms with Crippen molar-refractivity contribution in [2.75, 3.05) is 31.1 Å². The van der Waals surface area contributed by atoms with Crippen molar-refractivity contribution in [2.45, 2.75) is 51.7 Å². The van der Waals surface area contributed by atoms with Crippen LogP contribution in [0.4, 0.5) is 10.3 Å². The zero-order valence-corrected chi connectivity index (χ0v) is 19.4. The van der Waals surface area contributed by atoms with Gasteiger partial charge in [0.05, 0.1) is 17.3 Å². The van der Waals surface area contributed by atoms with Gasteiger partial charge in [0.15, 0.2) is 0 Å². The van der Waals surface area contributed by atoms with Crippen LogP contribution in [-0.4, -0.2) is 57.2 Å². The Balaban J connectivity index is 1.18. The fourth-order valence-corrected chi connectivity index (χ4v) is 5.39. The summed E-state index contributed by atoms with van der Waals surface area (Å²) in [4.78, 5) is 18.4. The van der Waals surface area contributed by atoms with Crippen LogP contribution in [-0.2, 0) is 0 Å². The smallest absolute Gasteiger partial charge is 0.226 e. The summed E-state index contributed by atoms with van der Waals surface area (Å²) >= 11 is 0. The van der Waals surface area contributed by atoms with Crippen molar-refractivity contribution < 1.29 is 9.50 Å². The van der Waals surface area contributed by atoms with Crippen LogP contribution in [0.25, 0.3) is 10.9 Å². The molecular weight excluding hydrogens is 417 g/mol. The lowest BCUT2D eigenvalue weighted by Gasteiger charge is -2.42. The lowest BCUT2D eigenvalue weighted by atomic mass is 9.87. The molecule has 33 heavy (non-hydrogen) atoms. The number of piperidine rings is 2. The minimum absolute atomic E-state index is 0.220. The van der Waals surface area contributed by atoms with Crippen LogP contribution >= 0.6 is 0 Å². The van der Waals surface area contributed by atoms with Gasteiger partial charge in [-0.05, 0) is 81.8 Å². The highest BCUT2D eigenvalue weighted by Crippen LogP contribution is 2.33. The first-order chi connectivity index (χ1) is 16.0. The monoisotopic (exact) mass is 449 g/mol. The van der Waals surface area contributed by atoms with Crippen LogP contribution in [0.3, 0.4) is 0 Å². The lowest BCUT2D eigenvalue weighted by molar-refractivity contribution is 0.0402. The topological polar surface area (TPSA) is 65.4 Å². The number of rotatable bonds is 4. The first-order valence-electron chi connectivity index (χ1n) is 12.0. The summed E-state index contributed by atoms with van der Waals surface area (Å²) in [5.74, 6) is 0.783. The van der Waals surface area contributed by atoms with Crippen molar-refractivity contribution in [2.24, 2.45) is 5.92 Å². The van der Waals surface area contributed by atoms with Gasteiger partial charge in [0.25, 0.3) is 0 Å². The number of aryl methyl sites for hydroxylation is 2. The van der Waals surface area contributed by atoms with Crippen molar-refractivity contribution in [3.05, 3.63) is 59.3 Å². The van der Waals surface area contributed by atoms with Crippen LogP contribution < -0.4 is 4.90 Å². The summed E-state index contributed by atoms with van der Waals surface area (Å²) in [6.45, 7) is 7.61. The highest BCUT2D eigenvalue weighted by molar-refractivity contribution is 5.82. The van der Waals surface area contributed by atoms with Crippen molar-refractivity contribution in [1.29, 1.82) is 0 Å². The predicted octanol–water partition coefficient (Wildman–Crippen LogP) is 4.20. The maximum atomic E-state index is 14.1. The van der Waals surface area contributed by atoms with Crippen molar-refractivity contribution in [3.63, 3.8) is 0 Å². The van der Waals surface area contributed by atoms with E-state index in [1.807, 2.05) is 25.1 Å². The molecule has 6 nitrogen and oxygen atoms in total. The zero-order valence-electron chi connectivity index (χ0n) is 19.4. The lowest BCUT2D eigenvalue weighted by Crippen LogP contribution is -2.48. The number of anilines is 1. The third-order valence-corrected chi connectivity index (χ3v) is 7.47. The first kappa shape index (κ1) is 22.2. The molecule has 2 aliphatic heterocycles. The van der Waals surface area contributed by atoms with Crippen LogP contribution in [0.5, 0.6) is 0 Å². The van der Waals surface area contributed by atoms with Crippen molar-refractivity contribution >= 4 is 16.9 Å². The minimum atomic E-state index is -0.426. The number of likely N-dealkylation sites (tertiary alicyclic amines) is 1. The summed E-state index contributed by atoms with van der Waals surface area (Å²) in [7, 11) is 0. The van der Waals surface area contributed by atoms with Gasteiger partial charge in [-0.3, -0.25) is 4.98 Å². The van der Waals surface area contributed by atoms with E-state index in [4.69, 9.17) is 4.98 Å². The van der Waals surface area contributed by atoms with Gasteiger partial charge < -0.3 is 14.9 Å². The molecule has 0 radical (unpaired) electrons. The second-order valence-corrected chi connectivity index (χ2v) is 9.55. The average molecular weight is 450 g/mol. The molecule has 5 rings (SSSR count). The van der Waals surface area contributed by atoms with Gasteiger partial charge in [0, 0.05) is 43.0 Å². The quantitative estimate of drug-likeness (QED) is 0.644. The molecule has 174 valence electrons. The van der Waals surface area contributed by atoms with E-state index in [1.54, 1.807) is 19.3 Å². The number of pyridine rings is 1. The Morgan fingerprint density at radius 3 is 2.48 bits per heavy atom. The van der Waals surface area contributed by atoms with Crippen LogP contribution in [0.1, 0.15) is 48.6 Å². The Bertz CT molecular complexity index is 1110. The van der Waals surface area contributed by atoms with E-state index in [0.717, 1.165) is 68.5 Å². The SMILES string of the molecule is Cc1cc2c(C)nc(N3CCC(N4CCC(C(O)c5cccnc5)CC4)CC3)nc2cc1F. The predicted molar refractivity (Wildman–Crippen MR) is 128 cm³/mol. The van der Waals surface area contributed by atoms with Gasteiger partial charge in [-0.1, -0.05) is 6.07 Å². The second-order valence-electron chi connectivity index (χ2n) is 9.55. The molecule has 0 saturated carbocycles. The molecule has 2 aliphatic rings. The number of aliphatic hydroxyl groups excluding tert-OH is 1. The molecule has 1 unspecified atom stereocenters. The Kier molecular flexibility index (Phi) is 6.25. The molecule has 0 amide bonds. The molecule has 7 heteroatoms. The molecule has 2 aromatic heterocycles. The molecular formula is C26H32FN5O. The summed E-state index contributed by atoms with van der Waals surface area (Å²) in [5.41, 5.74) is 3.12. The molecule has 1 atom stereocenters. The van der Waals surface area contributed by atoms with E-state index in [9.17, 15) is 9.50 Å². The molecule has 1 N–H and O–H groups in total. The van der Waals surface area contributed by atoms with Gasteiger partial charge in [0.2, 0.25) is 5.95 Å². The molecule has 0 bridgehead atoms. The van der Waals surface area contributed by atoms with Crippen LogP contribution in [0.2, 0.25) is 0 Å². The maximum absolute atomic E-state index is 14.1. The first-order valence-corrected chi connectivity index (χ1v) is 12.0. The molecule has 2 fully saturated rings. The third-order valence-electron chi connectivity index (χ3n) is 7.47. The summed E-state index contributed by atoms with van der Waals surface area (Å²) < 4.78 is 14.1. The van der Waals surface area contributed by atoms with E-state index < -0.39 is 6.10 Å². The normalized spacial score (nSPS) is 19.8. The average Bonchev–Trinajstić information content (AvgIpc) is 2.85. The number of nitrogens with zero attached hydrogens (tertiary/aromatic N) is 5. The highest BCUT2D eigenvalue weighted by Gasteiger charge is 2.31. The highest BCUT2D eigenvalue weighted by atomic mass is 19.1. The Hall–Kier alpha value is -2.64. The molecule has 1 aromatic carbocycles. The summed E-state index contributed by atoms with van der Waals surface area (Å²) in [6, 6.07) is 7.77. The molecule has 2 saturated heterocycles. The molecule has 4 heterocycles. The Labute approximate surface area is 194 Å².